The quantitative estimate of drug-likeness (QED) is 0.464. The van der Waals surface area contributed by atoms with E-state index in [0.29, 0.717) is 40.9 Å². The SMILES string of the molecule is O=C(O)CN1CCC(CCNc2ncc3ncnc(Nc4ccc(F)c(Cl)c4)c3n2)CC1. The number of aliphatic carboxylic acids is 1. The smallest absolute Gasteiger partial charge is 0.317 e. The summed E-state index contributed by atoms with van der Waals surface area (Å²) in [6.07, 6.45) is 5.95. The number of anilines is 3. The average Bonchev–Trinajstić information content (AvgIpc) is 2.77. The molecule has 1 aliphatic heterocycles. The van der Waals surface area contributed by atoms with E-state index in [1.807, 2.05) is 4.90 Å². The first-order chi connectivity index (χ1) is 15.5. The minimum atomic E-state index is -0.779. The molecule has 11 heteroatoms. The number of carboxylic acids is 1. The van der Waals surface area contributed by atoms with Gasteiger partial charge < -0.3 is 15.7 Å². The molecule has 0 saturated carbocycles. The Kier molecular flexibility index (Phi) is 6.91. The lowest BCUT2D eigenvalue weighted by atomic mass is 9.93. The van der Waals surface area contributed by atoms with Crippen LogP contribution in [0.15, 0.2) is 30.7 Å². The van der Waals surface area contributed by atoms with Crippen molar-refractivity contribution in [2.45, 2.75) is 19.3 Å². The summed E-state index contributed by atoms with van der Waals surface area (Å²) in [7, 11) is 0. The number of nitrogens with zero attached hydrogens (tertiary/aromatic N) is 5. The molecule has 0 radical (unpaired) electrons. The molecule has 0 spiro atoms. The Hall–Kier alpha value is -3.11. The van der Waals surface area contributed by atoms with Gasteiger partial charge in [0.1, 0.15) is 23.2 Å². The zero-order valence-corrected chi connectivity index (χ0v) is 18.0. The van der Waals surface area contributed by atoms with E-state index in [9.17, 15) is 9.18 Å². The van der Waals surface area contributed by atoms with Gasteiger partial charge in [-0.3, -0.25) is 9.69 Å². The molecule has 4 rings (SSSR count). The number of nitrogens with one attached hydrogen (secondary N) is 2. The van der Waals surface area contributed by atoms with Crippen LogP contribution in [0.5, 0.6) is 0 Å². The van der Waals surface area contributed by atoms with Crippen LogP contribution in [-0.4, -0.2) is 62.1 Å². The number of hydrogen-bond donors (Lipinski definition) is 3. The first-order valence-corrected chi connectivity index (χ1v) is 10.7. The van der Waals surface area contributed by atoms with Crippen LogP contribution < -0.4 is 10.6 Å². The van der Waals surface area contributed by atoms with Crippen molar-refractivity contribution in [2.75, 3.05) is 36.8 Å². The Morgan fingerprint density at radius 1 is 1.25 bits per heavy atom. The van der Waals surface area contributed by atoms with Gasteiger partial charge in [-0.1, -0.05) is 11.6 Å². The third-order valence-electron chi connectivity index (χ3n) is 5.46. The van der Waals surface area contributed by atoms with Crippen molar-refractivity contribution in [1.29, 1.82) is 0 Å². The molecular weight excluding hydrogens is 437 g/mol. The summed E-state index contributed by atoms with van der Waals surface area (Å²) < 4.78 is 13.4. The average molecular weight is 460 g/mol. The van der Waals surface area contributed by atoms with E-state index in [0.717, 1.165) is 32.4 Å². The number of rotatable bonds is 8. The number of hydrogen-bond acceptors (Lipinski definition) is 8. The molecule has 2 aromatic heterocycles. The lowest BCUT2D eigenvalue weighted by Crippen LogP contribution is -2.37. The third kappa shape index (κ3) is 5.57. The van der Waals surface area contributed by atoms with Gasteiger partial charge in [0.2, 0.25) is 5.95 Å². The molecule has 32 heavy (non-hydrogen) atoms. The second-order valence-corrected chi connectivity index (χ2v) is 8.14. The summed E-state index contributed by atoms with van der Waals surface area (Å²) in [6.45, 7) is 2.43. The van der Waals surface area contributed by atoms with Gasteiger partial charge in [0.05, 0.1) is 17.8 Å². The van der Waals surface area contributed by atoms with Crippen LogP contribution in [0.4, 0.5) is 21.8 Å². The van der Waals surface area contributed by atoms with Crippen LogP contribution in [0.1, 0.15) is 19.3 Å². The first kappa shape index (κ1) is 22.1. The first-order valence-electron chi connectivity index (χ1n) is 10.4. The number of halogens is 2. The number of piperidine rings is 1. The highest BCUT2D eigenvalue weighted by Gasteiger charge is 2.20. The number of likely N-dealkylation sites (tertiary alicyclic amines) is 1. The molecule has 1 fully saturated rings. The van der Waals surface area contributed by atoms with Crippen molar-refractivity contribution >= 4 is 46.1 Å². The van der Waals surface area contributed by atoms with Gasteiger partial charge in [0.25, 0.3) is 0 Å². The molecule has 3 N–H and O–H groups in total. The van der Waals surface area contributed by atoms with Crippen molar-refractivity contribution in [3.8, 4) is 0 Å². The monoisotopic (exact) mass is 459 g/mol. The van der Waals surface area contributed by atoms with E-state index in [1.54, 1.807) is 12.3 Å². The topological polar surface area (TPSA) is 116 Å². The maximum absolute atomic E-state index is 13.4. The molecule has 3 aromatic rings. The summed E-state index contributed by atoms with van der Waals surface area (Å²) in [5, 5.41) is 15.3. The van der Waals surface area contributed by atoms with Crippen molar-refractivity contribution in [3.63, 3.8) is 0 Å². The van der Waals surface area contributed by atoms with E-state index in [2.05, 4.69) is 30.6 Å². The molecular formula is C21H23ClFN7O2. The highest BCUT2D eigenvalue weighted by atomic mass is 35.5. The molecule has 0 bridgehead atoms. The summed E-state index contributed by atoms with van der Waals surface area (Å²) >= 11 is 5.86. The van der Waals surface area contributed by atoms with Crippen LogP contribution in [0, 0.1) is 11.7 Å². The molecule has 0 atom stereocenters. The Labute approximate surface area is 189 Å². The molecule has 0 amide bonds. The zero-order valence-electron chi connectivity index (χ0n) is 17.3. The van der Waals surface area contributed by atoms with Gasteiger partial charge in [-0.2, -0.15) is 0 Å². The highest BCUT2D eigenvalue weighted by molar-refractivity contribution is 6.31. The predicted octanol–water partition coefficient (Wildman–Crippen LogP) is 3.55. The summed E-state index contributed by atoms with van der Waals surface area (Å²) in [5.74, 6) is 0.201. The molecule has 9 nitrogen and oxygen atoms in total. The van der Waals surface area contributed by atoms with Crippen LogP contribution in [0.3, 0.4) is 0 Å². The minimum absolute atomic E-state index is 0.0131. The van der Waals surface area contributed by atoms with Gasteiger partial charge in [-0.15, -0.1) is 0 Å². The van der Waals surface area contributed by atoms with Crippen molar-refractivity contribution in [2.24, 2.45) is 5.92 Å². The maximum Gasteiger partial charge on any atom is 0.317 e. The van der Waals surface area contributed by atoms with Crippen LogP contribution >= 0.6 is 11.6 Å². The number of fused-ring (bicyclic) bond motifs is 1. The fourth-order valence-electron chi connectivity index (χ4n) is 3.75. The minimum Gasteiger partial charge on any atom is -0.480 e. The Balaban J connectivity index is 1.37. The normalized spacial score (nSPS) is 15.1. The van der Waals surface area contributed by atoms with E-state index in [1.165, 1.54) is 18.5 Å². The van der Waals surface area contributed by atoms with E-state index >= 15 is 0 Å². The predicted molar refractivity (Wildman–Crippen MR) is 120 cm³/mol. The van der Waals surface area contributed by atoms with E-state index < -0.39 is 11.8 Å². The second kappa shape index (κ2) is 10.0. The molecule has 0 aliphatic carbocycles. The van der Waals surface area contributed by atoms with E-state index in [-0.39, 0.29) is 11.6 Å². The van der Waals surface area contributed by atoms with Crippen LogP contribution in [0.2, 0.25) is 5.02 Å². The third-order valence-corrected chi connectivity index (χ3v) is 5.75. The Bertz CT molecular complexity index is 1110. The largest absolute Gasteiger partial charge is 0.480 e. The zero-order chi connectivity index (χ0) is 22.5. The van der Waals surface area contributed by atoms with E-state index in [4.69, 9.17) is 16.7 Å². The maximum atomic E-state index is 13.4. The summed E-state index contributed by atoms with van der Waals surface area (Å²) in [4.78, 5) is 30.1. The molecule has 1 aliphatic rings. The fraction of sp³-hybridized carbons (Fsp3) is 0.381. The second-order valence-electron chi connectivity index (χ2n) is 7.73. The Morgan fingerprint density at radius 3 is 2.81 bits per heavy atom. The van der Waals surface area contributed by atoms with Gasteiger partial charge in [-0.25, -0.2) is 24.3 Å². The molecule has 1 saturated heterocycles. The van der Waals surface area contributed by atoms with Gasteiger partial charge >= 0.3 is 5.97 Å². The summed E-state index contributed by atoms with van der Waals surface area (Å²) in [5.41, 5.74) is 1.69. The number of benzene rings is 1. The standard InChI is InChI=1S/C21H23ClFN7O2/c22-15-9-14(1-2-16(15)23)28-20-19-17(26-12-27-20)10-25-21(29-19)24-6-3-13-4-7-30(8-5-13)11-18(31)32/h1-2,9-10,12-13H,3-8,11H2,(H,31,32)(H,24,25,29)(H,26,27,28). The van der Waals surface area contributed by atoms with Crippen LogP contribution in [-0.2, 0) is 4.79 Å². The molecule has 1 aromatic carbocycles. The molecule has 168 valence electrons. The lowest BCUT2D eigenvalue weighted by Gasteiger charge is -2.30. The Morgan fingerprint density at radius 2 is 2.06 bits per heavy atom. The number of carbonyl (C=O) groups is 1. The fourth-order valence-corrected chi connectivity index (χ4v) is 3.93. The van der Waals surface area contributed by atoms with Crippen molar-refractivity contribution in [1.82, 2.24) is 24.8 Å². The number of carboxylic acid groups (broad SMARTS) is 1. The van der Waals surface area contributed by atoms with Crippen molar-refractivity contribution in [3.05, 3.63) is 41.6 Å². The molecule has 3 heterocycles. The summed E-state index contributed by atoms with van der Waals surface area (Å²) in [6, 6.07) is 4.33. The van der Waals surface area contributed by atoms with Crippen LogP contribution in [0.25, 0.3) is 11.0 Å². The lowest BCUT2D eigenvalue weighted by molar-refractivity contribution is -0.138. The van der Waals surface area contributed by atoms with Gasteiger partial charge in [-0.05, 0) is 56.5 Å². The highest BCUT2D eigenvalue weighted by Crippen LogP contribution is 2.25. The van der Waals surface area contributed by atoms with Gasteiger partial charge in [0, 0.05) is 12.2 Å². The van der Waals surface area contributed by atoms with Crippen molar-refractivity contribution < 1.29 is 14.3 Å². The molecule has 0 unspecified atom stereocenters. The number of aromatic nitrogens is 4. The van der Waals surface area contributed by atoms with Gasteiger partial charge in [0.15, 0.2) is 5.82 Å².